The summed E-state index contributed by atoms with van der Waals surface area (Å²) in [6.45, 7) is 1.94. The van der Waals surface area contributed by atoms with E-state index in [1.54, 1.807) is 26.2 Å². The zero-order valence-electron chi connectivity index (χ0n) is 16.5. The molecule has 0 spiro atoms. The Morgan fingerprint density at radius 3 is 2.71 bits per heavy atom. The lowest BCUT2D eigenvalue weighted by Gasteiger charge is -2.23. The molecule has 0 saturated heterocycles. The van der Waals surface area contributed by atoms with Crippen LogP contribution < -0.4 is 5.32 Å². The molecule has 0 aliphatic heterocycles. The number of amides is 2. The molecule has 0 saturated carbocycles. The summed E-state index contributed by atoms with van der Waals surface area (Å²) in [5, 5.41) is 4.28. The van der Waals surface area contributed by atoms with Crippen molar-refractivity contribution < 1.29 is 9.59 Å². The first-order valence-electron chi connectivity index (χ1n) is 9.68. The summed E-state index contributed by atoms with van der Waals surface area (Å²) in [5.41, 5.74) is 5.58. The monoisotopic (exact) mass is 375 g/mol. The molecule has 4 rings (SSSR count). The third-order valence-corrected chi connectivity index (χ3v) is 5.58. The predicted molar refractivity (Wildman–Crippen MR) is 112 cm³/mol. The lowest BCUT2D eigenvalue weighted by molar-refractivity contribution is -0.118. The zero-order chi connectivity index (χ0) is 19.8. The number of aromatic amines is 1. The van der Waals surface area contributed by atoms with Crippen molar-refractivity contribution in [1.82, 2.24) is 9.88 Å². The zero-order valence-corrected chi connectivity index (χ0v) is 16.5. The van der Waals surface area contributed by atoms with Crippen LogP contribution in [0.25, 0.3) is 10.9 Å². The van der Waals surface area contributed by atoms with Gasteiger partial charge in [-0.05, 0) is 55.5 Å². The highest BCUT2D eigenvalue weighted by Gasteiger charge is 2.29. The van der Waals surface area contributed by atoms with Crippen LogP contribution in [0, 0.1) is 6.92 Å². The van der Waals surface area contributed by atoms with E-state index in [1.807, 2.05) is 25.1 Å². The summed E-state index contributed by atoms with van der Waals surface area (Å²) in [4.78, 5) is 30.4. The molecule has 1 aliphatic carbocycles. The Kier molecular flexibility index (Phi) is 4.67. The second-order valence-corrected chi connectivity index (χ2v) is 7.73. The third kappa shape index (κ3) is 3.17. The fourth-order valence-electron chi connectivity index (χ4n) is 4.04. The van der Waals surface area contributed by atoms with Gasteiger partial charge in [-0.25, -0.2) is 0 Å². The molecule has 0 fully saturated rings. The molecule has 5 nitrogen and oxygen atoms in total. The van der Waals surface area contributed by atoms with Crippen LogP contribution in [0.1, 0.15) is 45.9 Å². The second-order valence-electron chi connectivity index (χ2n) is 7.73. The van der Waals surface area contributed by atoms with Crippen molar-refractivity contribution in [3.8, 4) is 0 Å². The summed E-state index contributed by atoms with van der Waals surface area (Å²) in [7, 11) is 3.44. The van der Waals surface area contributed by atoms with E-state index in [1.165, 1.54) is 15.8 Å². The van der Waals surface area contributed by atoms with E-state index in [-0.39, 0.29) is 17.7 Å². The Morgan fingerprint density at radius 1 is 1.14 bits per heavy atom. The molecule has 2 amide bonds. The predicted octanol–water partition coefficient (Wildman–Crippen LogP) is 4.24. The van der Waals surface area contributed by atoms with Gasteiger partial charge >= 0.3 is 0 Å². The number of nitrogens with one attached hydrogen (secondary N) is 2. The number of rotatable bonds is 3. The number of aromatic nitrogens is 1. The van der Waals surface area contributed by atoms with Crippen molar-refractivity contribution in [1.29, 1.82) is 0 Å². The van der Waals surface area contributed by atoms with E-state index in [0.29, 0.717) is 11.3 Å². The first-order chi connectivity index (χ1) is 13.5. The first kappa shape index (κ1) is 18.3. The van der Waals surface area contributed by atoms with Crippen LogP contribution in [0.5, 0.6) is 0 Å². The summed E-state index contributed by atoms with van der Waals surface area (Å²) >= 11 is 0. The number of carbonyl (C=O) groups excluding carboxylic acids is 2. The Hall–Kier alpha value is -3.08. The molecule has 28 heavy (non-hydrogen) atoms. The highest BCUT2D eigenvalue weighted by molar-refractivity contribution is 6.00. The van der Waals surface area contributed by atoms with E-state index >= 15 is 0 Å². The van der Waals surface area contributed by atoms with E-state index in [0.717, 1.165) is 36.0 Å². The van der Waals surface area contributed by atoms with Crippen LogP contribution in [0.3, 0.4) is 0 Å². The van der Waals surface area contributed by atoms with Crippen LogP contribution in [-0.4, -0.2) is 35.8 Å². The van der Waals surface area contributed by atoms with Crippen LogP contribution in [0.2, 0.25) is 0 Å². The number of aryl methyl sites for hydroxylation is 2. The Balaban J connectivity index is 1.64. The molecule has 0 radical (unpaired) electrons. The van der Waals surface area contributed by atoms with Gasteiger partial charge in [-0.1, -0.05) is 24.3 Å². The summed E-state index contributed by atoms with van der Waals surface area (Å²) in [6.07, 6.45) is 2.81. The number of hydrogen-bond donors (Lipinski definition) is 2. The molecule has 1 aliphatic rings. The molecule has 1 unspecified atom stereocenters. The highest BCUT2D eigenvalue weighted by Crippen LogP contribution is 2.36. The Labute approximate surface area is 164 Å². The smallest absolute Gasteiger partial charge is 0.253 e. The average molecular weight is 375 g/mol. The molecular formula is C23H25N3O2. The molecular weight excluding hydrogens is 350 g/mol. The SMILES string of the molecule is Cc1ccc(C(=O)N(C)C)cc1NC(=O)C1CCCc2c1[nH]c1ccccc21. The van der Waals surface area contributed by atoms with E-state index in [4.69, 9.17) is 0 Å². The van der Waals surface area contributed by atoms with E-state index in [9.17, 15) is 9.59 Å². The van der Waals surface area contributed by atoms with Gasteiger partial charge in [0.25, 0.3) is 5.91 Å². The molecule has 3 aromatic rings. The number of carbonyl (C=O) groups is 2. The normalized spacial score (nSPS) is 15.9. The molecule has 1 heterocycles. The maximum atomic E-state index is 13.1. The lowest BCUT2D eigenvalue weighted by Crippen LogP contribution is -2.26. The molecule has 144 valence electrons. The van der Waals surface area contributed by atoms with Crippen LogP contribution >= 0.6 is 0 Å². The fourth-order valence-corrected chi connectivity index (χ4v) is 4.04. The summed E-state index contributed by atoms with van der Waals surface area (Å²) in [5.74, 6) is -0.306. The van der Waals surface area contributed by atoms with Gasteiger partial charge in [0.15, 0.2) is 0 Å². The average Bonchev–Trinajstić information content (AvgIpc) is 3.07. The van der Waals surface area contributed by atoms with Crippen molar-refractivity contribution in [3.05, 3.63) is 64.8 Å². The first-order valence-corrected chi connectivity index (χ1v) is 9.68. The number of fused-ring (bicyclic) bond motifs is 3. The van der Waals surface area contributed by atoms with Gasteiger partial charge in [-0.3, -0.25) is 9.59 Å². The largest absolute Gasteiger partial charge is 0.357 e. The third-order valence-electron chi connectivity index (χ3n) is 5.58. The molecule has 1 atom stereocenters. The van der Waals surface area contributed by atoms with Crippen molar-refractivity contribution >= 4 is 28.4 Å². The molecule has 2 N–H and O–H groups in total. The van der Waals surface area contributed by atoms with Crippen molar-refractivity contribution in [2.75, 3.05) is 19.4 Å². The maximum Gasteiger partial charge on any atom is 0.253 e. The fraction of sp³-hybridized carbons (Fsp3) is 0.304. The van der Waals surface area contributed by atoms with Crippen molar-refractivity contribution in [2.24, 2.45) is 0 Å². The topological polar surface area (TPSA) is 65.2 Å². The Bertz CT molecular complexity index is 1060. The van der Waals surface area contributed by atoms with Crippen molar-refractivity contribution in [3.63, 3.8) is 0 Å². The van der Waals surface area contributed by atoms with Gasteiger partial charge in [0.05, 0.1) is 5.92 Å². The number of anilines is 1. The Morgan fingerprint density at radius 2 is 1.93 bits per heavy atom. The summed E-state index contributed by atoms with van der Waals surface area (Å²) < 4.78 is 0. The van der Waals surface area contributed by atoms with Crippen LogP contribution in [-0.2, 0) is 11.2 Å². The lowest BCUT2D eigenvalue weighted by atomic mass is 9.86. The van der Waals surface area contributed by atoms with Gasteiger partial charge < -0.3 is 15.2 Å². The van der Waals surface area contributed by atoms with Crippen LogP contribution in [0.15, 0.2) is 42.5 Å². The number of nitrogens with zero attached hydrogens (tertiary/aromatic N) is 1. The minimum absolute atomic E-state index is 0.0231. The van der Waals surface area contributed by atoms with Crippen molar-refractivity contribution in [2.45, 2.75) is 32.1 Å². The summed E-state index contributed by atoms with van der Waals surface area (Å²) in [6, 6.07) is 13.7. The maximum absolute atomic E-state index is 13.1. The highest BCUT2D eigenvalue weighted by atomic mass is 16.2. The van der Waals surface area contributed by atoms with Gasteiger partial charge in [-0.2, -0.15) is 0 Å². The van der Waals surface area contributed by atoms with Gasteiger partial charge in [0.1, 0.15) is 0 Å². The molecule has 2 aromatic carbocycles. The van der Waals surface area contributed by atoms with E-state index < -0.39 is 0 Å². The minimum Gasteiger partial charge on any atom is -0.357 e. The standard InChI is InChI=1S/C23H25N3O2/c1-14-11-12-15(23(28)26(2)3)13-20(14)25-22(27)18-9-6-8-17-16-7-4-5-10-19(16)24-21(17)18/h4-5,7,10-13,18,24H,6,8-9H2,1-3H3,(H,25,27). The van der Waals surface area contributed by atoms with Gasteiger partial charge in [0.2, 0.25) is 5.91 Å². The quantitative estimate of drug-likeness (QED) is 0.719. The number of hydrogen-bond acceptors (Lipinski definition) is 2. The number of para-hydroxylation sites is 1. The van der Waals surface area contributed by atoms with E-state index in [2.05, 4.69) is 22.4 Å². The van der Waals surface area contributed by atoms with Gasteiger partial charge in [-0.15, -0.1) is 0 Å². The molecule has 1 aromatic heterocycles. The number of H-pyrrole nitrogens is 1. The van der Waals surface area contributed by atoms with Gasteiger partial charge in [0, 0.05) is 41.9 Å². The number of benzene rings is 2. The molecule has 5 heteroatoms. The van der Waals surface area contributed by atoms with Crippen LogP contribution in [0.4, 0.5) is 5.69 Å². The molecule has 0 bridgehead atoms. The minimum atomic E-state index is -0.205. The second kappa shape index (κ2) is 7.15.